The molecule has 1 aliphatic rings. The predicted octanol–water partition coefficient (Wildman–Crippen LogP) is 3.66. The van der Waals surface area contributed by atoms with E-state index in [1.54, 1.807) is 36.1 Å². The number of anilines is 2. The zero-order valence-electron chi connectivity index (χ0n) is 14.0. The van der Waals surface area contributed by atoms with Crippen LogP contribution in [0, 0.1) is 12.7 Å². The smallest absolute Gasteiger partial charge is 0.321 e. The van der Waals surface area contributed by atoms with Crippen LogP contribution in [0.15, 0.2) is 46.9 Å². The number of halogens is 1. The summed E-state index contributed by atoms with van der Waals surface area (Å²) in [5, 5.41) is 6.07. The van der Waals surface area contributed by atoms with Gasteiger partial charge in [-0.1, -0.05) is 6.07 Å². The summed E-state index contributed by atoms with van der Waals surface area (Å²) in [5.41, 5.74) is 2.27. The highest BCUT2D eigenvalue weighted by molar-refractivity contribution is 6.06. The molecule has 2 heterocycles. The zero-order valence-corrected chi connectivity index (χ0v) is 14.0. The molecular formula is C19H16FN3O3. The summed E-state index contributed by atoms with van der Waals surface area (Å²) in [6.45, 7) is 2.87. The number of hydrogen-bond acceptors (Lipinski definition) is 3. The van der Waals surface area contributed by atoms with E-state index in [0.717, 1.165) is 0 Å². The summed E-state index contributed by atoms with van der Waals surface area (Å²) in [7, 11) is 0. The van der Waals surface area contributed by atoms with Crippen LogP contribution in [0.3, 0.4) is 0 Å². The van der Waals surface area contributed by atoms with Crippen molar-refractivity contribution >= 4 is 34.3 Å². The van der Waals surface area contributed by atoms with Gasteiger partial charge in [0.05, 0.1) is 0 Å². The number of fused-ring (bicyclic) bond motifs is 1. The Morgan fingerprint density at radius 2 is 2.12 bits per heavy atom. The molecule has 2 aromatic carbocycles. The molecule has 0 radical (unpaired) electrons. The largest absolute Gasteiger partial charge is 0.451 e. The average molecular weight is 353 g/mol. The second kappa shape index (κ2) is 6.18. The van der Waals surface area contributed by atoms with Crippen molar-refractivity contribution in [2.24, 2.45) is 0 Å². The van der Waals surface area contributed by atoms with Crippen molar-refractivity contribution in [3.05, 3.63) is 59.6 Å². The minimum atomic E-state index is -0.429. The van der Waals surface area contributed by atoms with Crippen molar-refractivity contribution in [2.45, 2.75) is 6.92 Å². The maximum Gasteiger partial charge on any atom is 0.321 e. The summed E-state index contributed by atoms with van der Waals surface area (Å²) < 4.78 is 19.0. The third kappa shape index (κ3) is 2.77. The van der Waals surface area contributed by atoms with E-state index in [1.807, 2.05) is 0 Å². The zero-order chi connectivity index (χ0) is 18.3. The average Bonchev–Trinajstić information content (AvgIpc) is 3.19. The molecule has 4 rings (SSSR count). The molecule has 1 saturated heterocycles. The minimum Gasteiger partial charge on any atom is -0.451 e. The molecule has 1 aromatic heterocycles. The number of carbonyl (C=O) groups is 2. The van der Waals surface area contributed by atoms with Crippen LogP contribution >= 0.6 is 0 Å². The van der Waals surface area contributed by atoms with Crippen molar-refractivity contribution < 1.29 is 18.4 Å². The molecule has 2 N–H and O–H groups in total. The van der Waals surface area contributed by atoms with Crippen LogP contribution in [0.1, 0.15) is 16.1 Å². The van der Waals surface area contributed by atoms with E-state index in [4.69, 9.17) is 4.42 Å². The van der Waals surface area contributed by atoms with Crippen LogP contribution in [0.5, 0.6) is 0 Å². The van der Waals surface area contributed by atoms with Crippen LogP contribution in [0.4, 0.5) is 20.6 Å². The summed E-state index contributed by atoms with van der Waals surface area (Å²) in [4.78, 5) is 26.0. The molecule has 0 bridgehead atoms. The van der Waals surface area contributed by atoms with Gasteiger partial charge in [0.1, 0.15) is 11.4 Å². The van der Waals surface area contributed by atoms with Crippen LogP contribution in [0.25, 0.3) is 11.0 Å². The molecule has 3 aromatic rings. The highest BCUT2D eigenvalue weighted by Crippen LogP contribution is 2.27. The predicted molar refractivity (Wildman–Crippen MR) is 96.0 cm³/mol. The topological polar surface area (TPSA) is 74.6 Å². The van der Waals surface area contributed by atoms with Crippen molar-refractivity contribution in [3.8, 4) is 0 Å². The number of amides is 3. The van der Waals surface area contributed by atoms with Crippen molar-refractivity contribution in [1.82, 2.24) is 5.32 Å². The highest BCUT2D eigenvalue weighted by atomic mass is 19.1. The van der Waals surface area contributed by atoms with Crippen LogP contribution < -0.4 is 15.5 Å². The number of urea groups is 1. The Kier molecular flexibility index (Phi) is 3.84. The van der Waals surface area contributed by atoms with E-state index in [2.05, 4.69) is 10.6 Å². The number of hydrogen-bond donors (Lipinski definition) is 2. The van der Waals surface area contributed by atoms with Gasteiger partial charge in [-0.05, 0) is 43.3 Å². The van der Waals surface area contributed by atoms with Gasteiger partial charge in [0.15, 0.2) is 5.76 Å². The Morgan fingerprint density at radius 3 is 2.88 bits per heavy atom. The molecule has 6 nitrogen and oxygen atoms in total. The Labute approximate surface area is 148 Å². The Balaban J connectivity index is 1.61. The van der Waals surface area contributed by atoms with Crippen LogP contribution in [-0.2, 0) is 0 Å². The molecule has 0 spiro atoms. The molecule has 0 unspecified atom stereocenters. The van der Waals surface area contributed by atoms with Crippen molar-refractivity contribution in [1.29, 1.82) is 0 Å². The molecule has 0 aliphatic carbocycles. The van der Waals surface area contributed by atoms with Crippen molar-refractivity contribution in [3.63, 3.8) is 0 Å². The molecule has 3 amide bonds. The van der Waals surface area contributed by atoms with Crippen LogP contribution in [-0.4, -0.2) is 25.0 Å². The van der Waals surface area contributed by atoms with Crippen LogP contribution in [0.2, 0.25) is 0 Å². The molecular weight excluding hydrogens is 337 g/mol. The second-order valence-electron chi connectivity index (χ2n) is 6.08. The molecule has 0 saturated carbocycles. The molecule has 26 heavy (non-hydrogen) atoms. The summed E-state index contributed by atoms with van der Waals surface area (Å²) in [6.07, 6.45) is 0. The van der Waals surface area contributed by atoms with Gasteiger partial charge in [-0.2, -0.15) is 0 Å². The van der Waals surface area contributed by atoms with E-state index >= 15 is 0 Å². The maximum absolute atomic E-state index is 13.4. The fraction of sp³-hybridized carbons (Fsp3) is 0.158. The van der Waals surface area contributed by atoms with Gasteiger partial charge in [0, 0.05) is 35.4 Å². The Morgan fingerprint density at radius 1 is 1.27 bits per heavy atom. The Hall–Kier alpha value is -3.35. The highest BCUT2D eigenvalue weighted by Gasteiger charge is 2.22. The maximum atomic E-state index is 13.4. The lowest BCUT2D eigenvalue weighted by Gasteiger charge is -2.15. The number of rotatable bonds is 3. The van der Waals surface area contributed by atoms with Crippen molar-refractivity contribution in [2.75, 3.05) is 23.3 Å². The number of carbonyl (C=O) groups excluding carboxylic acids is 2. The molecule has 1 fully saturated rings. The number of aryl methyl sites for hydroxylation is 1. The first-order valence-corrected chi connectivity index (χ1v) is 8.18. The Bertz CT molecular complexity index is 1030. The molecule has 132 valence electrons. The summed E-state index contributed by atoms with van der Waals surface area (Å²) in [6, 6.07) is 11.0. The van der Waals surface area contributed by atoms with E-state index in [0.29, 0.717) is 41.0 Å². The lowest BCUT2D eigenvalue weighted by molar-refractivity contribution is 0.0998. The quantitative estimate of drug-likeness (QED) is 0.755. The second-order valence-corrected chi connectivity index (χ2v) is 6.08. The van der Waals surface area contributed by atoms with Gasteiger partial charge in [-0.3, -0.25) is 9.69 Å². The lowest BCUT2D eigenvalue weighted by atomic mass is 10.1. The van der Waals surface area contributed by atoms with E-state index < -0.39 is 5.91 Å². The summed E-state index contributed by atoms with van der Waals surface area (Å²) >= 11 is 0. The lowest BCUT2D eigenvalue weighted by Crippen LogP contribution is -2.27. The fourth-order valence-electron chi connectivity index (χ4n) is 3.07. The minimum absolute atomic E-state index is 0.134. The number of furan rings is 1. The SMILES string of the molecule is Cc1c(C(=O)Nc2cccc(N3CCNC3=O)c2)oc2ccc(F)cc12. The summed E-state index contributed by atoms with van der Waals surface area (Å²) in [5.74, 6) is -0.679. The monoisotopic (exact) mass is 353 g/mol. The fourth-order valence-corrected chi connectivity index (χ4v) is 3.07. The van der Waals surface area contributed by atoms with Gasteiger partial charge in [0.2, 0.25) is 0 Å². The molecule has 0 atom stereocenters. The van der Waals surface area contributed by atoms with Gasteiger partial charge in [-0.15, -0.1) is 0 Å². The standard InChI is InChI=1S/C19H16FN3O3/c1-11-15-9-12(20)5-6-16(15)26-17(11)18(24)22-13-3-2-4-14(10-13)23-8-7-21-19(23)25/h2-6,9-10H,7-8H2,1H3,(H,21,25)(H,22,24). The number of nitrogens with one attached hydrogen (secondary N) is 2. The third-order valence-corrected chi connectivity index (χ3v) is 4.38. The van der Waals surface area contributed by atoms with Gasteiger partial charge in [0.25, 0.3) is 5.91 Å². The normalized spacial score (nSPS) is 13.9. The van der Waals surface area contributed by atoms with E-state index in [-0.39, 0.29) is 17.6 Å². The third-order valence-electron chi connectivity index (χ3n) is 4.38. The number of nitrogens with zero attached hydrogens (tertiary/aromatic N) is 1. The van der Waals surface area contributed by atoms with Gasteiger partial charge in [-0.25, -0.2) is 9.18 Å². The molecule has 7 heteroatoms. The first-order valence-electron chi connectivity index (χ1n) is 8.18. The molecule has 1 aliphatic heterocycles. The van der Waals surface area contributed by atoms with Gasteiger partial charge >= 0.3 is 6.03 Å². The number of benzene rings is 2. The first kappa shape index (κ1) is 16.1. The first-order chi connectivity index (χ1) is 12.5. The van der Waals surface area contributed by atoms with E-state index in [9.17, 15) is 14.0 Å². The van der Waals surface area contributed by atoms with Gasteiger partial charge < -0.3 is 15.1 Å². The van der Waals surface area contributed by atoms with E-state index in [1.165, 1.54) is 18.2 Å².